The normalized spacial score (nSPS) is 12.6. The Kier molecular flexibility index (Phi) is 7.39. The average molecular weight is 357 g/mol. The highest BCUT2D eigenvalue weighted by Gasteiger charge is 2.18. The van der Waals surface area contributed by atoms with Crippen molar-refractivity contribution in [1.29, 1.82) is 0 Å². The zero-order chi connectivity index (χ0) is 19.1. The smallest absolute Gasteiger partial charge is 0.273 e. The quantitative estimate of drug-likeness (QED) is 0.725. The number of oxazole rings is 1. The summed E-state index contributed by atoms with van der Waals surface area (Å²) in [4.78, 5) is 18.5. The molecule has 0 radical (unpaired) electrons. The lowest BCUT2D eigenvalue weighted by molar-refractivity contribution is 0.0950. The van der Waals surface area contributed by atoms with Gasteiger partial charge in [-0.3, -0.25) is 9.69 Å². The van der Waals surface area contributed by atoms with Crippen LogP contribution in [0.3, 0.4) is 0 Å². The first-order chi connectivity index (χ1) is 12.4. The molecule has 1 unspecified atom stereocenters. The number of hydrogen-bond acceptors (Lipinski definition) is 4. The maximum Gasteiger partial charge on any atom is 0.273 e. The number of aromatic nitrogens is 1. The van der Waals surface area contributed by atoms with Crippen LogP contribution in [0, 0.1) is 0 Å². The van der Waals surface area contributed by atoms with E-state index in [1.807, 2.05) is 6.92 Å². The molecule has 1 atom stereocenters. The Labute approximate surface area is 156 Å². The first kappa shape index (κ1) is 20.2. The molecule has 1 amide bonds. The van der Waals surface area contributed by atoms with E-state index < -0.39 is 0 Å². The molecule has 1 aromatic heterocycles. The van der Waals surface area contributed by atoms with Crippen LogP contribution < -0.4 is 5.32 Å². The number of hydrogen-bond donors (Lipinski definition) is 1. The van der Waals surface area contributed by atoms with E-state index >= 15 is 0 Å². The second-order valence-corrected chi connectivity index (χ2v) is 7.04. The lowest BCUT2D eigenvalue weighted by atomic mass is 10.0. The van der Waals surface area contributed by atoms with Gasteiger partial charge in [0.15, 0.2) is 5.69 Å². The number of carbonyl (C=O) groups is 1. The van der Waals surface area contributed by atoms with Crippen LogP contribution in [0.25, 0.3) is 0 Å². The third-order valence-electron chi connectivity index (χ3n) is 4.71. The van der Waals surface area contributed by atoms with Crippen LogP contribution >= 0.6 is 0 Å². The van der Waals surface area contributed by atoms with Crippen LogP contribution in [0.1, 0.15) is 74.5 Å². The van der Waals surface area contributed by atoms with Crippen LogP contribution in [0.2, 0.25) is 0 Å². The van der Waals surface area contributed by atoms with Gasteiger partial charge in [0, 0.05) is 19.1 Å². The summed E-state index contributed by atoms with van der Waals surface area (Å²) in [5.41, 5.74) is 2.96. The van der Waals surface area contributed by atoms with Crippen molar-refractivity contribution in [2.45, 2.75) is 66.1 Å². The van der Waals surface area contributed by atoms with E-state index in [2.05, 4.69) is 67.2 Å². The predicted molar refractivity (Wildman–Crippen MR) is 104 cm³/mol. The summed E-state index contributed by atoms with van der Waals surface area (Å²) in [5, 5.41) is 2.74. The first-order valence-electron chi connectivity index (χ1n) is 9.50. The van der Waals surface area contributed by atoms with E-state index in [1.165, 1.54) is 17.4 Å². The van der Waals surface area contributed by atoms with Crippen molar-refractivity contribution >= 4 is 5.91 Å². The second-order valence-electron chi connectivity index (χ2n) is 7.04. The zero-order valence-corrected chi connectivity index (χ0v) is 16.6. The van der Waals surface area contributed by atoms with Gasteiger partial charge in [-0.15, -0.1) is 0 Å². The summed E-state index contributed by atoms with van der Waals surface area (Å²) in [6, 6.07) is 9.18. The number of carbonyl (C=O) groups excluding carboxylic acids is 1. The van der Waals surface area contributed by atoms with Crippen LogP contribution in [-0.2, 0) is 13.1 Å². The van der Waals surface area contributed by atoms with Crippen LogP contribution in [0.4, 0.5) is 0 Å². The van der Waals surface area contributed by atoms with Crippen molar-refractivity contribution < 1.29 is 9.21 Å². The number of nitrogens with zero attached hydrogens (tertiary/aromatic N) is 2. The van der Waals surface area contributed by atoms with Crippen molar-refractivity contribution in [1.82, 2.24) is 15.2 Å². The number of benzene rings is 1. The molecule has 0 saturated heterocycles. The number of amides is 1. The van der Waals surface area contributed by atoms with Crippen molar-refractivity contribution in [3.63, 3.8) is 0 Å². The molecule has 0 fully saturated rings. The molecular formula is C21H31N3O2. The molecule has 5 heteroatoms. The zero-order valence-electron chi connectivity index (χ0n) is 16.6. The second kappa shape index (κ2) is 9.53. The van der Waals surface area contributed by atoms with Crippen molar-refractivity contribution in [3.05, 3.63) is 53.2 Å². The summed E-state index contributed by atoms with van der Waals surface area (Å²) in [6.45, 7) is 12.7. The predicted octanol–water partition coefficient (Wildman–Crippen LogP) is 4.35. The molecule has 1 N–H and O–H groups in total. The maximum absolute atomic E-state index is 11.9. The van der Waals surface area contributed by atoms with Gasteiger partial charge in [-0.2, -0.15) is 0 Å². The molecule has 1 aromatic carbocycles. The Morgan fingerprint density at radius 3 is 2.42 bits per heavy atom. The summed E-state index contributed by atoms with van der Waals surface area (Å²) in [6.07, 6.45) is 2.47. The van der Waals surface area contributed by atoms with Gasteiger partial charge >= 0.3 is 0 Å². The fraction of sp³-hybridized carbons (Fsp3) is 0.524. The van der Waals surface area contributed by atoms with Gasteiger partial charge in [0.05, 0.1) is 6.54 Å². The third-order valence-corrected chi connectivity index (χ3v) is 4.71. The molecule has 1 heterocycles. The first-order valence-corrected chi connectivity index (χ1v) is 9.50. The Balaban J connectivity index is 2.09. The number of nitrogens with one attached hydrogen (secondary N) is 1. The average Bonchev–Trinajstić information content (AvgIpc) is 3.10. The van der Waals surface area contributed by atoms with Crippen molar-refractivity contribution in [3.8, 4) is 0 Å². The molecule has 0 spiro atoms. The van der Waals surface area contributed by atoms with E-state index in [0.717, 1.165) is 13.0 Å². The van der Waals surface area contributed by atoms with Gasteiger partial charge in [-0.25, -0.2) is 4.98 Å². The summed E-state index contributed by atoms with van der Waals surface area (Å²) < 4.78 is 5.53. The molecule has 5 nitrogen and oxygen atoms in total. The van der Waals surface area contributed by atoms with Crippen LogP contribution in [-0.4, -0.2) is 28.4 Å². The third kappa shape index (κ3) is 5.43. The highest BCUT2D eigenvalue weighted by molar-refractivity contribution is 5.91. The molecule has 0 aliphatic carbocycles. The fourth-order valence-electron chi connectivity index (χ4n) is 2.78. The van der Waals surface area contributed by atoms with E-state index in [1.54, 1.807) is 0 Å². The molecule has 0 aliphatic heterocycles. The lowest BCUT2D eigenvalue weighted by Crippen LogP contribution is -2.32. The Bertz CT molecular complexity index is 692. The largest absolute Gasteiger partial charge is 0.447 e. The lowest BCUT2D eigenvalue weighted by Gasteiger charge is -2.27. The Hall–Kier alpha value is -2.14. The summed E-state index contributed by atoms with van der Waals surface area (Å²) in [7, 11) is 0. The molecule has 0 aliphatic rings. The monoisotopic (exact) mass is 357 g/mol. The molecule has 26 heavy (non-hydrogen) atoms. The fourth-order valence-corrected chi connectivity index (χ4v) is 2.78. The van der Waals surface area contributed by atoms with E-state index in [9.17, 15) is 4.79 Å². The maximum atomic E-state index is 11.9. The van der Waals surface area contributed by atoms with Gasteiger partial charge in [-0.1, -0.05) is 45.0 Å². The Morgan fingerprint density at radius 2 is 1.85 bits per heavy atom. The highest BCUT2D eigenvalue weighted by Crippen LogP contribution is 2.18. The molecule has 2 rings (SSSR count). The summed E-state index contributed by atoms with van der Waals surface area (Å²) >= 11 is 0. The van der Waals surface area contributed by atoms with E-state index in [0.29, 0.717) is 36.6 Å². The van der Waals surface area contributed by atoms with E-state index in [-0.39, 0.29) is 5.91 Å². The highest BCUT2D eigenvalue weighted by atomic mass is 16.3. The minimum absolute atomic E-state index is 0.193. The van der Waals surface area contributed by atoms with Gasteiger partial charge in [0.25, 0.3) is 5.91 Å². The molecule has 2 aromatic rings. The van der Waals surface area contributed by atoms with Crippen LogP contribution in [0.5, 0.6) is 0 Å². The molecular weight excluding hydrogens is 326 g/mol. The minimum Gasteiger partial charge on any atom is -0.447 e. The van der Waals surface area contributed by atoms with Gasteiger partial charge in [0.2, 0.25) is 5.89 Å². The van der Waals surface area contributed by atoms with E-state index in [4.69, 9.17) is 4.42 Å². The minimum atomic E-state index is -0.193. The molecule has 0 saturated carbocycles. The number of rotatable bonds is 9. The standard InChI is InChI=1S/C21H31N3O2/c1-6-16(5)24(12-17-8-10-18(11-9-17)15(3)4)13-20-23-19(14-26-20)21(25)22-7-2/h8-11,14-16H,6-7,12-13H2,1-5H3,(H,22,25). The molecule has 142 valence electrons. The van der Waals surface area contributed by atoms with Crippen molar-refractivity contribution in [2.24, 2.45) is 0 Å². The van der Waals surface area contributed by atoms with Gasteiger partial charge in [-0.05, 0) is 37.3 Å². The molecule has 0 bridgehead atoms. The topological polar surface area (TPSA) is 58.4 Å². The van der Waals surface area contributed by atoms with Gasteiger partial charge in [0.1, 0.15) is 6.26 Å². The van der Waals surface area contributed by atoms with Crippen molar-refractivity contribution in [2.75, 3.05) is 6.54 Å². The Morgan fingerprint density at radius 1 is 1.15 bits per heavy atom. The SMILES string of the molecule is CCNC(=O)c1coc(CN(Cc2ccc(C(C)C)cc2)C(C)CC)n1. The van der Waals surface area contributed by atoms with Gasteiger partial charge < -0.3 is 9.73 Å². The van der Waals surface area contributed by atoms with Crippen LogP contribution in [0.15, 0.2) is 34.9 Å². The summed E-state index contributed by atoms with van der Waals surface area (Å²) in [5.74, 6) is 0.918.